The Morgan fingerprint density at radius 1 is 1.19 bits per heavy atom. The molecule has 0 atom stereocenters. The summed E-state index contributed by atoms with van der Waals surface area (Å²) in [5.74, 6) is 0.558. The molecule has 0 radical (unpaired) electrons. The molecule has 1 heterocycles. The molecular weight excluding hydrogens is 262 g/mol. The van der Waals surface area contributed by atoms with E-state index in [2.05, 4.69) is 25.7 Å². The molecule has 1 saturated heterocycles. The first kappa shape index (κ1) is 16.0. The number of esters is 1. The summed E-state index contributed by atoms with van der Waals surface area (Å²) >= 11 is 0. The third-order valence-electron chi connectivity index (χ3n) is 4.59. The number of hydrogen-bond donors (Lipinski definition) is 0. The SMILES string of the molecule is COC(=O)c1ccc(CN2CCC(C(C)(C)C)CC2)cc1. The highest BCUT2D eigenvalue weighted by molar-refractivity contribution is 5.89. The van der Waals surface area contributed by atoms with Crippen LogP contribution in [0, 0.1) is 11.3 Å². The summed E-state index contributed by atoms with van der Waals surface area (Å²) in [5, 5.41) is 0. The topological polar surface area (TPSA) is 29.5 Å². The van der Waals surface area contributed by atoms with E-state index in [0.717, 1.165) is 12.5 Å². The van der Waals surface area contributed by atoms with Crippen LogP contribution in [0.25, 0.3) is 0 Å². The zero-order valence-corrected chi connectivity index (χ0v) is 13.7. The van der Waals surface area contributed by atoms with Gasteiger partial charge >= 0.3 is 5.97 Å². The van der Waals surface area contributed by atoms with E-state index in [0.29, 0.717) is 11.0 Å². The van der Waals surface area contributed by atoms with Crippen molar-refractivity contribution < 1.29 is 9.53 Å². The summed E-state index contributed by atoms with van der Waals surface area (Å²) in [7, 11) is 1.41. The van der Waals surface area contributed by atoms with Crippen LogP contribution in [0.3, 0.4) is 0 Å². The standard InChI is InChI=1S/C18H27NO2/c1-18(2,3)16-9-11-19(12-10-16)13-14-5-7-15(8-6-14)17(20)21-4/h5-8,16H,9-13H2,1-4H3. The first-order valence-electron chi connectivity index (χ1n) is 7.80. The average Bonchev–Trinajstić information content (AvgIpc) is 2.47. The number of rotatable bonds is 3. The number of carbonyl (C=O) groups excluding carboxylic acids is 1. The second-order valence-electron chi connectivity index (χ2n) is 7.10. The van der Waals surface area contributed by atoms with Gasteiger partial charge in [0.15, 0.2) is 0 Å². The lowest BCUT2D eigenvalue weighted by Gasteiger charge is -2.38. The zero-order valence-electron chi connectivity index (χ0n) is 13.7. The Bertz CT molecular complexity index is 465. The van der Waals surface area contributed by atoms with Crippen LogP contribution < -0.4 is 0 Å². The van der Waals surface area contributed by atoms with Crippen molar-refractivity contribution in [3.05, 3.63) is 35.4 Å². The third-order valence-corrected chi connectivity index (χ3v) is 4.59. The van der Waals surface area contributed by atoms with E-state index >= 15 is 0 Å². The van der Waals surface area contributed by atoms with Crippen molar-refractivity contribution in [1.82, 2.24) is 4.90 Å². The molecule has 0 amide bonds. The molecule has 0 bridgehead atoms. The van der Waals surface area contributed by atoms with E-state index in [-0.39, 0.29) is 5.97 Å². The number of benzene rings is 1. The fraction of sp³-hybridized carbons (Fsp3) is 0.611. The van der Waals surface area contributed by atoms with Crippen molar-refractivity contribution in [2.45, 2.75) is 40.2 Å². The van der Waals surface area contributed by atoms with E-state index in [1.165, 1.54) is 38.6 Å². The molecule has 0 saturated carbocycles. The minimum atomic E-state index is -0.271. The lowest BCUT2D eigenvalue weighted by molar-refractivity contribution is 0.0600. The normalized spacial score (nSPS) is 17.7. The Kier molecular flexibility index (Phi) is 5.04. The molecule has 1 aromatic rings. The Labute approximate surface area is 128 Å². The fourth-order valence-electron chi connectivity index (χ4n) is 3.08. The Morgan fingerprint density at radius 2 is 1.76 bits per heavy atom. The van der Waals surface area contributed by atoms with Gasteiger partial charge in [0.05, 0.1) is 12.7 Å². The summed E-state index contributed by atoms with van der Waals surface area (Å²) < 4.78 is 4.72. The first-order chi connectivity index (χ1) is 9.90. The van der Waals surface area contributed by atoms with E-state index in [4.69, 9.17) is 4.74 Å². The van der Waals surface area contributed by atoms with Gasteiger partial charge in [0, 0.05) is 6.54 Å². The number of carbonyl (C=O) groups is 1. The maximum absolute atomic E-state index is 11.4. The van der Waals surface area contributed by atoms with Gasteiger partial charge in [-0.15, -0.1) is 0 Å². The second kappa shape index (κ2) is 6.61. The smallest absolute Gasteiger partial charge is 0.337 e. The second-order valence-corrected chi connectivity index (χ2v) is 7.10. The number of piperidine rings is 1. The fourth-order valence-corrected chi connectivity index (χ4v) is 3.08. The predicted octanol–water partition coefficient (Wildman–Crippen LogP) is 3.73. The lowest BCUT2D eigenvalue weighted by Crippen LogP contribution is -2.37. The molecule has 0 unspecified atom stereocenters. The highest BCUT2D eigenvalue weighted by atomic mass is 16.5. The quantitative estimate of drug-likeness (QED) is 0.794. The Morgan fingerprint density at radius 3 is 2.24 bits per heavy atom. The molecule has 21 heavy (non-hydrogen) atoms. The van der Waals surface area contributed by atoms with Crippen molar-refractivity contribution in [2.75, 3.05) is 20.2 Å². The summed E-state index contributed by atoms with van der Waals surface area (Å²) in [4.78, 5) is 13.9. The molecule has 1 aliphatic rings. The molecule has 2 rings (SSSR count). The van der Waals surface area contributed by atoms with Crippen LogP contribution in [-0.2, 0) is 11.3 Å². The van der Waals surface area contributed by atoms with E-state index in [1.54, 1.807) is 0 Å². The molecule has 1 aromatic carbocycles. The van der Waals surface area contributed by atoms with Gasteiger partial charge in [-0.3, -0.25) is 4.90 Å². The van der Waals surface area contributed by atoms with Gasteiger partial charge in [0.25, 0.3) is 0 Å². The molecule has 116 valence electrons. The molecular formula is C18H27NO2. The van der Waals surface area contributed by atoms with Gasteiger partial charge in [-0.25, -0.2) is 4.79 Å². The number of ether oxygens (including phenoxy) is 1. The van der Waals surface area contributed by atoms with Crippen molar-refractivity contribution in [3.8, 4) is 0 Å². The summed E-state index contributed by atoms with van der Waals surface area (Å²) in [6.07, 6.45) is 2.56. The van der Waals surface area contributed by atoms with E-state index in [1.807, 2.05) is 24.3 Å². The van der Waals surface area contributed by atoms with Gasteiger partial charge in [-0.05, 0) is 55.0 Å². The van der Waals surface area contributed by atoms with Crippen LogP contribution in [0.15, 0.2) is 24.3 Å². The van der Waals surface area contributed by atoms with Gasteiger partial charge in [0.2, 0.25) is 0 Å². The maximum Gasteiger partial charge on any atom is 0.337 e. The highest BCUT2D eigenvalue weighted by Gasteiger charge is 2.28. The van der Waals surface area contributed by atoms with Crippen molar-refractivity contribution in [1.29, 1.82) is 0 Å². The van der Waals surface area contributed by atoms with Crippen LogP contribution >= 0.6 is 0 Å². The third kappa shape index (κ3) is 4.31. The summed E-state index contributed by atoms with van der Waals surface area (Å²) in [5.41, 5.74) is 2.30. The number of hydrogen-bond acceptors (Lipinski definition) is 3. The molecule has 0 aliphatic carbocycles. The number of likely N-dealkylation sites (tertiary alicyclic amines) is 1. The minimum absolute atomic E-state index is 0.271. The van der Waals surface area contributed by atoms with Crippen LogP contribution in [0.1, 0.15) is 49.5 Å². The van der Waals surface area contributed by atoms with Gasteiger partial charge < -0.3 is 4.74 Å². The molecule has 0 aromatic heterocycles. The van der Waals surface area contributed by atoms with E-state index in [9.17, 15) is 4.79 Å². The zero-order chi connectivity index (χ0) is 15.5. The average molecular weight is 289 g/mol. The first-order valence-corrected chi connectivity index (χ1v) is 7.80. The van der Waals surface area contributed by atoms with Crippen LogP contribution in [-0.4, -0.2) is 31.1 Å². The Hall–Kier alpha value is -1.35. The summed E-state index contributed by atoms with van der Waals surface area (Å²) in [6.45, 7) is 10.3. The van der Waals surface area contributed by atoms with E-state index < -0.39 is 0 Å². The monoisotopic (exact) mass is 289 g/mol. The summed E-state index contributed by atoms with van der Waals surface area (Å²) in [6, 6.07) is 7.76. The van der Waals surface area contributed by atoms with Crippen LogP contribution in [0.4, 0.5) is 0 Å². The van der Waals surface area contributed by atoms with Gasteiger partial charge in [-0.2, -0.15) is 0 Å². The lowest BCUT2D eigenvalue weighted by atomic mass is 9.75. The molecule has 0 N–H and O–H groups in total. The predicted molar refractivity (Wildman–Crippen MR) is 85.2 cm³/mol. The molecule has 3 nitrogen and oxygen atoms in total. The van der Waals surface area contributed by atoms with Crippen molar-refractivity contribution >= 4 is 5.97 Å². The molecule has 3 heteroatoms. The maximum atomic E-state index is 11.4. The van der Waals surface area contributed by atoms with Crippen LogP contribution in [0.5, 0.6) is 0 Å². The highest BCUT2D eigenvalue weighted by Crippen LogP contribution is 2.34. The minimum Gasteiger partial charge on any atom is -0.465 e. The number of methoxy groups -OCH3 is 1. The van der Waals surface area contributed by atoms with Gasteiger partial charge in [-0.1, -0.05) is 32.9 Å². The number of nitrogens with zero attached hydrogens (tertiary/aromatic N) is 1. The molecule has 1 aliphatic heterocycles. The largest absolute Gasteiger partial charge is 0.465 e. The Balaban J connectivity index is 1.88. The molecule has 1 fully saturated rings. The van der Waals surface area contributed by atoms with Crippen LogP contribution in [0.2, 0.25) is 0 Å². The van der Waals surface area contributed by atoms with Gasteiger partial charge in [0.1, 0.15) is 0 Å². The van der Waals surface area contributed by atoms with Crippen molar-refractivity contribution in [2.24, 2.45) is 11.3 Å². The van der Waals surface area contributed by atoms with Crippen molar-refractivity contribution in [3.63, 3.8) is 0 Å². The molecule has 0 spiro atoms.